The average Bonchev–Trinajstić information content (AvgIpc) is 2.96. The number of nitrogens with two attached hydrogens (primary N) is 1. The van der Waals surface area contributed by atoms with Gasteiger partial charge >= 0.3 is 0 Å². The molecule has 0 aliphatic heterocycles. The molecule has 2 rings (SSSR count). The minimum atomic E-state index is -0.0914. The minimum absolute atomic E-state index is 0.0914. The molecule has 1 aliphatic carbocycles. The molecule has 2 unspecified atom stereocenters. The molecule has 5 nitrogen and oxygen atoms in total. The van der Waals surface area contributed by atoms with Crippen LogP contribution < -0.4 is 11.1 Å². The summed E-state index contributed by atoms with van der Waals surface area (Å²) in [5.41, 5.74) is 7.15. The average molecular weight is 236 g/mol. The van der Waals surface area contributed by atoms with E-state index in [2.05, 4.69) is 15.5 Å². The largest absolute Gasteiger partial charge is 0.348 e. The molecule has 4 N–H and O–H groups in total. The maximum atomic E-state index is 12.0. The molecule has 0 bridgehead atoms. The van der Waals surface area contributed by atoms with Gasteiger partial charge in [-0.05, 0) is 37.8 Å². The first-order valence-electron chi connectivity index (χ1n) is 6.29. The topological polar surface area (TPSA) is 83.8 Å². The summed E-state index contributed by atoms with van der Waals surface area (Å²) in [6.07, 6.45) is 4.14. The molecular weight excluding hydrogens is 216 g/mol. The van der Waals surface area contributed by atoms with Crippen molar-refractivity contribution in [2.75, 3.05) is 6.54 Å². The molecule has 0 spiro atoms. The molecule has 1 aromatic rings. The highest BCUT2D eigenvalue weighted by molar-refractivity contribution is 5.92. The molecule has 2 atom stereocenters. The van der Waals surface area contributed by atoms with Crippen LogP contribution in [-0.4, -0.2) is 28.7 Å². The lowest BCUT2D eigenvalue weighted by Gasteiger charge is -2.18. The molecule has 1 aromatic heterocycles. The molecule has 94 valence electrons. The Kier molecular flexibility index (Phi) is 3.78. The van der Waals surface area contributed by atoms with Crippen molar-refractivity contribution in [1.82, 2.24) is 15.5 Å². The first-order valence-corrected chi connectivity index (χ1v) is 6.29. The van der Waals surface area contributed by atoms with E-state index in [0.717, 1.165) is 31.4 Å². The van der Waals surface area contributed by atoms with Crippen molar-refractivity contribution in [1.29, 1.82) is 0 Å². The van der Waals surface area contributed by atoms with Crippen LogP contribution in [0, 0.1) is 5.92 Å². The number of aryl methyl sites for hydroxylation is 1. The predicted molar refractivity (Wildman–Crippen MR) is 65.6 cm³/mol. The Morgan fingerprint density at radius 2 is 2.47 bits per heavy atom. The standard InChI is InChI=1S/C12H20N4O/c1-2-9-6-11(16-15-9)12(17)14-10-5-3-4-8(10)7-13/h6,8,10H,2-5,7,13H2,1H3,(H,14,17)(H,15,16). The summed E-state index contributed by atoms with van der Waals surface area (Å²) in [5, 5.41) is 9.89. The van der Waals surface area contributed by atoms with Crippen LogP contribution in [0.15, 0.2) is 6.07 Å². The number of hydrogen-bond donors (Lipinski definition) is 3. The van der Waals surface area contributed by atoms with E-state index in [4.69, 9.17) is 5.73 Å². The van der Waals surface area contributed by atoms with Crippen molar-refractivity contribution >= 4 is 5.91 Å². The smallest absolute Gasteiger partial charge is 0.272 e. The normalized spacial score (nSPS) is 23.9. The number of amides is 1. The minimum Gasteiger partial charge on any atom is -0.348 e. The number of aromatic nitrogens is 2. The number of nitrogens with zero attached hydrogens (tertiary/aromatic N) is 1. The van der Waals surface area contributed by atoms with Gasteiger partial charge in [0.1, 0.15) is 5.69 Å². The summed E-state index contributed by atoms with van der Waals surface area (Å²) in [5.74, 6) is 0.329. The lowest BCUT2D eigenvalue weighted by atomic mass is 10.0. The first-order chi connectivity index (χ1) is 8.24. The van der Waals surface area contributed by atoms with E-state index in [1.165, 1.54) is 0 Å². The van der Waals surface area contributed by atoms with E-state index < -0.39 is 0 Å². The van der Waals surface area contributed by atoms with Crippen molar-refractivity contribution in [2.45, 2.75) is 38.6 Å². The summed E-state index contributed by atoms with van der Waals surface area (Å²) in [6.45, 7) is 2.67. The molecule has 0 saturated heterocycles. The third-order valence-electron chi connectivity index (χ3n) is 3.52. The predicted octanol–water partition coefficient (Wildman–Crippen LogP) is 0.829. The van der Waals surface area contributed by atoms with Gasteiger partial charge in [-0.15, -0.1) is 0 Å². The molecule has 0 aromatic carbocycles. The quantitative estimate of drug-likeness (QED) is 0.724. The van der Waals surface area contributed by atoms with Crippen molar-refractivity contribution in [3.63, 3.8) is 0 Å². The Bertz CT molecular complexity index is 388. The van der Waals surface area contributed by atoms with Gasteiger partial charge in [-0.2, -0.15) is 5.10 Å². The Balaban J connectivity index is 1.96. The zero-order chi connectivity index (χ0) is 12.3. The molecule has 1 amide bonds. The van der Waals surface area contributed by atoms with Gasteiger partial charge in [0.05, 0.1) is 0 Å². The molecular formula is C12H20N4O. The van der Waals surface area contributed by atoms with Gasteiger partial charge in [-0.1, -0.05) is 13.3 Å². The fraction of sp³-hybridized carbons (Fsp3) is 0.667. The third kappa shape index (κ3) is 2.66. The second-order valence-electron chi connectivity index (χ2n) is 4.64. The van der Waals surface area contributed by atoms with E-state index in [0.29, 0.717) is 18.2 Å². The summed E-state index contributed by atoms with van der Waals surface area (Å²) in [6, 6.07) is 2.02. The summed E-state index contributed by atoms with van der Waals surface area (Å²) in [4.78, 5) is 12.0. The Morgan fingerprint density at radius 1 is 1.65 bits per heavy atom. The number of H-pyrrole nitrogens is 1. The maximum Gasteiger partial charge on any atom is 0.272 e. The second kappa shape index (κ2) is 5.31. The highest BCUT2D eigenvalue weighted by atomic mass is 16.2. The van der Waals surface area contributed by atoms with Crippen molar-refractivity contribution in [3.05, 3.63) is 17.5 Å². The number of hydrogen-bond acceptors (Lipinski definition) is 3. The molecule has 1 heterocycles. The number of rotatable bonds is 4. The summed E-state index contributed by atoms with van der Waals surface area (Å²) in [7, 11) is 0. The van der Waals surface area contributed by atoms with E-state index in [-0.39, 0.29) is 11.9 Å². The van der Waals surface area contributed by atoms with Gasteiger partial charge in [0, 0.05) is 11.7 Å². The fourth-order valence-corrected chi connectivity index (χ4v) is 2.41. The van der Waals surface area contributed by atoms with Crippen LogP contribution in [0.4, 0.5) is 0 Å². The summed E-state index contributed by atoms with van der Waals surface area (Å²) >= 11 is 0. The van der Waals surface area contributed by atoms with Crippen LogP contribution in [0.2, 0.25) is 0 Å². The maximum absolute atomic E-state index is 12.0. The Hall–Kier alpha value is -1.36. The molecule has 1 fully saturated rings. The molecule has 5 heteroatoms. The highest BCUT2D eigenvalue weighted by Gasteiger charge is 2.28. The van der Waals surface area contributed by atoms with E-state index in [1.54, 1.807) is 0 Å². The number of aromatic amines is 1. The van der Waals surface area contributed by atoms with E-state index >= 15 is 0 Å². The number of carbonyl (C=O) groups excluding carboxylic acids is 1. The van der Waals surface area contributed by atoms with Gasteiger partial charge < -0.3 is 11.1 Å². The van der Waals surface area contributed by atoms with Gasteiger partial charge in [0.2, 0.25) is 0 Å². The van der Waals surface area contributed by atoms with Gasteiger partial charge in [0.15, 0.2) is 0 Å². The van der Waals surface area contributed by atoms with Crippen molar-refractivity contribution in [2.24, 2.45) is 11.7 Å². The lowest BCUT2D eigenvalue weighted by Crippen LogP contribution is -2.40. The Labute approximate surface area is 101 Å². The van der Waals surface area contributed by atoms with Gasteiger partial charge in [0.25, 0.3) is 5.91 Å². The van der Waals surface area contributed by atoms with Gasteiger partial charge in [-0.3, -0.25) is 9.89 Å². The second-order valence-corrected chi connectivity index (χ2v) is 4.64. The van der Waals surface area contributed by atoms with Crippen LogP contribution in [0.5, 0.6) is 0 Å². The fourth-order valence-electron chi connectivity index (χ4n) is 2.41. The van der Waals surface area contributed by atoms with E-state index in [9.17, 15) is 4.79 Å². The van der Waals surface area contributed by atoms with Gasteiger partial charge in [-0.25, -0.2) is 0 Å². The highest BCUT2D eigenvalue weighted by Crippen LogP contribution is 2.24. The lowest BCUT2D eigenvalue weighted by molar-refractivity contribution is 0.0923. The van der Waals surface area contributed by atoms with Crippen LogP contribution >= 0.6 is 0 Å². The summed E-state index contributed by atoms with van der Waals surface area (Å²) < 4.78 is 0. The van der Waals surface area contributed by atoms with Crippen LogP contribution in [0.3, 0.4) is 0 Å². The number of carbonyl (C=O) groups is 1. The molecule has 1 saturated carbocycles. The molecule has 17 heavy (non-hydrogen) atoms. The third-order valence-corrected chi connectivity index (χ3v) is 3.52. The monoisotopic (exact) mass is 236 g/mol. The van der Waals surface area contributed by atoms with Crippen LogP contribution in [0.25, 0.3) is 0 Å². The first kappa shape index (κ1) is 12.1. The molecule has 1 aliphatic rings. The van der Waals surface area contributed by atoms with E-state index in [1.807, 2.05) is 13.0 Å². The Morgan fingerprint density at radius 3 is 3.12 bits per heavy atom. The zero-order valence-corrected chi connectivity index (χ0v) is 10.2. The van der Waals surface area contributed by atoms with Crippen molar-refractivity contribution in [3.8, 4) is 0 Å². The molecule has 0 radical (unpaired) electrons. The van der Waals surface area contributed by atoms with Crippen molar-refractivity contribution < 1.29 is 4.79 Å². The zero-order valence-electron chi connectivity index (χ0n) is 10.2. The van der Waals surface area contributed by atoms with Crippen LogP contribution in [0.1, 0.15) is 42.4 Å². The number of nitrogens with one attached hydrogen (secondary N) is 2. The SMILES string of the molecule is CCc1cc(C(=O)NC2CCCC2CN)n[nH]1. The van der Waals surface area contributed by atoms with Crippen LogP contribution in [-0.2, 0) is 6.42 Å².